The van der Waals surface area contributed by atoms with Crippen LogP contribution in [0.4, 0.5) is 11.4 Å². The van der Waals surface area contributed by atoms with Crippen molar-refractivity contribution in [3.05, 3.63) is 60.2 Å². The number of benzene rings is 2. The largest absolute Gasteiger partial charge is 0.399 e. The van der Waals surface area contributed by atoms with Crippen LogP contribution in [-0.2, 0) is 16.0 Å². The first kappa shape index (κ1) is 19.7. The summed E-state index contributed by atoms with van der Waals surface area (Å²) in [5, 5.41) is 2.88. The molecule has 1 heterocycles. The van der Waals surface area contributed by atoms with Crippen LogP contribution in [0.15, 0.2) is 54.6 Å². The van der Waals surface area contributed by atoms with Crippen molar-refractivity contribution in [1.29, 1.82) is 0 Å². The average Bonchev–Trinajstić information content (AvgIpc) is 2.73. The Morgan fingerprint density at radius 2 is 1.61 bits per heavy atom. The lowest BCUT2D eigenvalue weighted by molar-refractivity contribution is -0.131. The van der Waals surface area contributed by atoms with Crippen LogP contribution in [0.2, 0.25) is 0 Å². The van der Waals surface area contributed by atoms with Gasteiger partial charge in [-0.3, -0.25) is 9.59 Å². The number of nitrogens with one attached hydrogen (secondary N) is 1. The van der Waals surface area contributed by atoms with E-state index in [1.165, 1.54) is 5.69 Å². The summed E-state index contributed by atoms with van der Waals surface area (Å²) in [6, 6.07) is 17.6. The smallest absolute Gasteiger partial charge is 0.224 e. The van der Waals surface area contributed by atoms with E-state index in [1.807, 2.05) is 35.2 Å². The van der Waals surface area contributed by atoms with E-state index >= 15 is 0 Å². The number of para-hydroxylation sites is 1. The molecule has 3 rings (SSSR count). The number of carbonyl (C=O) groups excluding carboxylic acids is 2. The second kappa shape index (κ2) is 9.78. The second-order valence-electron chi connectivity index (χ2n) is 7.08. The number of hydrogen-bond donors (Lipinski definition) is 2. The molecule has 6 nitrogen and oxygen atoms in total. The van der Waals surface area contributed by atoms with E-state index in [-0.39, 0.29) is 11.8 Å². The molecule has 0 aliphatic carbocycles. The summed E-state index contributed by atoms with van der Waals surface area (Å²) in [6.07, 6.45) is 1.45. The van der Waals surface area contributed by atoms with E-state index in [9.17, 15) is 9.59 Å². The zero-order valence-electron chi connectivity index (χ0n) is 16.1. The quantitative estimate of drug-likeness (QED) is 0.569. The van der Waals surface area contributed by atoms with Crippen LogP contribution in [0.1, 0.15) is 18.4 Å². The third-order valence-electron chi connectivity index (χ3n) is 4.99. The van der Waals surface area contributed by atoms with Gasteiger partial charge >= 0.3 is 0 Å². The molecule has 148 valence electrons. The molecule has 0 radical (unpaired) electrons. The minimum atomic E-state index is -0.0336. The molecule has 1 saturated heterocycles. The molecule has 0 spiro atoms. The standard InChI is InChI=1S/C22H28N4O2/c23-19-10-8-18(9-11-19)17-21(27)24-12-4-7-22(28)26-15-13-25(14-16-26)20-5-2-1-3-6-20/h1-3,5-6,8-11H,4,7,12-17,23H2,(H,24,27). The fourth-order valence-electron chi connectivity index (χ4n) is 3.36. The normalized spacial score (nSPS) is 14.0. The van der Waals surface area contributed by atoms with Gasteiger partial charge in [-0.2, -0.15) is 0 Å². The molecule has 2 aromatic rings. The summed E-state index contributed by atoms with van der Waals surface area (Å²) in [5.41, 5.74) is 8.47. The predicted octanol–water partition coefficient (Wildman–Crippen LogP) is 2.06. The summed E-state index contributed by atoms with van der Waals surface area (Å²) < 4.78 is 0. The van der Waals surface area contributed by atoms with Crippen LogP contribution in [0, 0.1) is 0 Å². The molecule has 0 unspecified atom stereocenters. The lowest BCUT2D eigenvalue weighted by Gasteiger charge is -2.36. The number of nitrogens with zero attached hydrogens (tertiary/aromatic N) is 2. The highest BCUT2D eigenvalue weighted by Gasteiger charge is 2.20. The van der Waals surface area contributed by atoms with E-state index in [0.29, 0.717) is 31.5 Å². The van der Waals surface area contributed by atoms with Gasteiger partial charge in [0.25, 0.3) is 0 Å². The number of amides is 2. The van der Waals surface area contributed by atoms with Crippen molar-refractivity contribution in [1.82, 2.24) is 10.2 Å². The molecular weight excluding hydrogens is 352 g/mol. The molecule has 6 heteroatoms. The van der Waals surface area contributed by atoms with Crippen molar-refractivity contribution < 1.29 is 9.59 Å². The number of hydrogen-bond acceptors (Lipinski definition) is 4. The summed E-state index contributed by atoms with van der Waals surface area (Å²) in [4.78, 5) is 28.6. The number of nitrogen functional groups attached to an aromatic ring is 1. The van der Waals surface area contributed by atoms with Crippen LogP contribution in [0.5, 0.6) is 0 Å². The minimum Gasteiger partial charge on any atom is -0.399 e. The van der Waals surface area contributed by atoms with Crippen LogP contribution in [0.25, 0.3) is 0 Å². The maximum Gasteiger partial charge on any atom is 0.224 e. The van der Waals surface area contributed by atoms with Crippen molar-refractivity contribution >= 4 is 23.2 Å². The zero-order valence-corrected chi connectivity index (χ0v) is 16.1. The van der Waals surface area contributed by atoms with Crippen molar-refractivity contribution in [2.75, 3.05) is 43.4 Å². The van der Waals surface area contributed by atoms with Gasteiger partial charge in [-0.1, -0.05) is 30.3 Å². The molecule has 2 aromatic carbocycles. The van der Waals surface area contributed by atoms with Gasteiger partial charge in [-0.25, -0.2) is 0 Å². The first-order chi connectivity index (χ1) is 13.6. The Hall–Kier alpha value is -3.02. The first-order valence-electron chi connectivity index (χ1n) is 9.81. The van der Waals surface area contributed by atoms with Crippen molar-refractivity contribution in [3.8, 4) is 0 Å². The molecule has 0 atom stereocenters. The SMILES string of the molecule is Nc1ccc(CC(=O)NCCCC(=O)N2CCN(c3ccccc3)CC2)cc1. The van der Waals surface area contributed by atoms with E-state index in [2.05, 4.69) is 22.3 Å². The Labute approximate surface area is 166 Å². The van der Waals surface area contributed by atoms with Gasteiger partial charge in [-0.15, -0.1) is 0 Å². The summed E-state index contributed by atoms with van der Waals surface area (Å²) in [5.74, 6) is 0.134. The van der Waals surface area contributed by atoms with Crippen LogP contribution in [-0.4, -0.2) is 49.4 Å². The van der Waals surface area contributed by atoms with E-state index < -0.39 is 0 Å². The Morgan fingerprint density at radius 3 is 2.29 bits per heavy atom. The first-order valence-corrected chi connectivity index (χ1v) is 9.81. The maximum absolute atomic E-state index is 12.4. The fraction of sp³-hybridized carbons (Fsp3) is 0.364. The molecule has 1 aliphatic heterocycles. The number of nitrogens with two attached hydrogens (primary N) is 1. The number of piperazine rings is 1. The molecule has 2 amide bonds. The summed E-state index contributed by atoms with van der Waals surface area (Å²) in [7, 11) is 0. The predicted molar refractivity (Wildman–Crippen MR) is 112 cm³/mol. The van der Waals surface area contributed by atoms with Crippen molar-refractivity contribution in [2.45, 2.75) is 19.3 Å². The highest BCUT2D eigenvalue weighted by atomic mass is 16.2. The van der Waals surface area contributed by atoms with Crippen LogP contribution < -0.4 is 16.0 Å². The molecule has 0 saturated carbocycles. The molecular formula is C22H28N4O2. The monoisotopic (exact) mass is 380 g/mol. The molecule has 0 aromatic heterocycles. The Morgan fingerprint density at radius 1 is 0.929 bits per heavy atom. The highest BCUT2D eigenvalue weighted by Crippen LogP contribution is 2.16. The molecule has 28 heavy (non-hydrogen) atoms. The van der Waals surface area contributed by atoms with Crippen LogP contribution >= 0.6 is 0 Å². The van der Waals surface area contributed by atoms with Gasteiger partial charge in [0.05, 0.1) is 6.42 Å². The molecule has 0 bridgehead atoms. The topological polar surface area (TPSA) is 78.7 Å². The zero-order chi connectivity index (χ0) is 19.8. The third-order valence-corrected chi connectivity index (χ3v) is 4.99. The second-order valence-corrected chi connectivity index (χ2v) is 7.08. The minimum absolute atomic E-state index is 0.0336. The number of rotatable bonds is 7. The van der Waals surface area contributed by atoms with Gasteiger partial charge in [-0.05, 0) is 36.2 Å². The van der Waals surface area contributed by atoms with E-state index in [0.717, 1.165) is 31.7 Å². The summed E-state index contributed by atoms with van der Waals surface area (Å²) in [6.45, 7) is 3.72. The van der Waals surface area contributed by atoms with Gasteiger partial charge < -0.3 is 20.9 Å². The van der Waals surface area contributed by atoms with Gasteiger partial charge in [0.15, 0.2) is 0 Å². The van der Waals surface area contributed by atoms with E-state index in [4.69, 9.17) is 5.73 Å². The third kappa shape index (κ3) is 5.74. The van der Waals surface area contributed by atoms with Crippen LogP contribution in [0.3, 0.4) is 0 Å². The van der Waals surface area contributed by atoms with Gasteiger partial charge in [0, 0.05) is 50.5 Å². The lowest BCUT2D eigenvalue weighted by atomic mass is 10.1. The molecule has 1 aliphatic rings. The van der Waals surface area contributed by atoms with Crippen molar-refractivity contribution in [2.24, 2.45) is 0 Å². The Bertz CT molecular complexity index is 769. The van der Waals surface area contributed by atoms with Crippen molar-refractivity contribution in [3.63, 3.8) is 0 Å². The van der Waals surface area contributed by atoms with Gasteiger partial charge in [0.2, 0.25) is 11.8 Å². The van der Waals surface area contributed by atoms with Gasteiger partial charge in [0.1, 0.15) is 0 Å². The lowest BCUT2D eigenvalue weighted by Crippen LogP contribution is -2.48. The molecule has 1 fully saturated rings. The number of carbonyl (C=O) groups is 2. The average molecular weight is 380 g/mol. The maximum atomic E-state index is 12.4. The highest BCUT2D eigenvalue weighted by molar-refractivity contribution is 5.79. The Kier molecular flexibility index (Phi) is 6.89. The number of anilines is 2. The Balaban J connectivity index is 1.31. The fourth-order valence-corrected chi connectivity index (χ4v) is 3.36. The molecule has 3 N–H and O–H groups in total. The summed E-state index contributed by atoms with van der Waals surface area (Å²) >= 11 is 0. The van der Waals surface area contributed by atoms with E-state index in [1.54, 1.807) is 12.1 Å².